The zero-order valence-electron chi connectivity index (χ0n) is 5.63. The van der Waals surface area contributed by atoms with Gasteiger partial charge in [0.25, 0.3) is 0 Å². The summed E-state index contributed by atoms with van der Waals surface area (Å²) in [4.78, 5) is 0. The van der Waals surface area contributed by atoms with E-state index in [2.05, 4.69) is 0 Å². The van der Waals surface area contributed by atoms with Crippen LogP contribution in [0.5, 0.6) is 0 Å². The molecule has 2 heteroatoms. The number of hydrogen-bond acceptors (Lipinski definition) is 2. The lowest BCUT2D eigenvalue weighted by Crippen LogP contribution is -2.31. The molecule has 2 nitrogen and oxygen atoms in total. The minimum Gasteiger partial charge on any atom is -0.362 e. The zero-order valence-corrected chi connectivity index (χ0v) is 5.63. The van der Waals surface area contributed by atoms with Crippen LogP contribution in [0.1, 0.15) is 19.8 Å². The van der Waals surface area contributed by atoms with Gasteiger partial charge in [-0.15, -0.1) is 0 Å². The molecule has 0 saturated heterocycles. The van der Waals surface area contributed by atoms with Gasteiger partial charge in [0.1, 0.15) is 0 Å². The summed E-state index contributed by atoms with van der Waals surface area (Å²) in [5, 5.41) is 9.37. The SMILES string of the molecule is CCC1(O)C=CCCO1. The van der Waals surface area contributed by atoms with E-state index >= 15 is 0 Å². The number of ether oxygens (including phenoxy) is 1. The Morgan fingerprint density at radius 3 is 2.89 bits per heavy atom. The molecule has 0 amide bonds. The molecule has 0 fully saturated rings. The van der Waals surface area contributed by atoms with Gasteiger partial charge in [-0.3, -0.25) is 0 Å². The molecule has 0 aliphatic carbocycles. The highest BCUT2D eigenvalue weighted by atomic mass is 16.6. The van der Waals surface area contributed by atoms with Crippen LogP contribution in [0.4, 0.5) is 0 Å². The molecule has 1 N–H and O–H groups in total. The van der Waals surface area contributed by atoms with Crippen molar-refractivity contribution >= 4 is 0 Å². The van der Waals surface area contributed by atoms with Crippen LogP contribution in [0.25, 0.3) is 0 Å². The maximum Gasteiger partial charge on any atom is 0.184 e. The second kappa shape index (κ2) is 2.50. The summed E-state index contributed by atoms with van der Waals surface area (Å²) < 4.78 is 5.08. The van der Waals surface area contributed by atoms with Gasteiger partial charge in [-0.05, 0) is 12.5 Å². The molecule has 1 aliphatic heterocycles. The predicted molar refractivity (Wildman–Crippen MR) is 34.9 cm³/mol. The third-order valence-corrected chi connectivity index (χ3v) is 1.52. The van der Waals surface area contributed by atoms with Crippen LogP contribution in [-0.2, 0) is 4.74 Å². The average molecular weight is 128 g/mol. The van der Waals surface area contributed by atoms with Gasteiger partial charge in [0.05, 0.1) is 6.61 Å². The number of aliphatic hydroxyl groups is 1. The lowest BCUT2D eigenvalue weighted by molar-refractivity contribution is -0.172. The van der Waals surface area contributed by atoms with Crippen molar-refractivity contribution in [1.82, 2.24) is 0 Å². The minimum atomic E-state index is -0.960. The van der Waals surface area contributed by atoms with Crippen LogP contribution in [0.3, 0.4) is 0 Å². The molecule has 0 bridgehead atoms. The Balaban J connectivity index is 2.56. The van der Waals surface area contributed by atoms with Crippen LogP contribution < -0.4 is 0 Å². The standard InChI is InChI=1S/C7H12O2/c1-2-7(8)5-3-4-6-9-7/h3,5,8H,2,4,6H2,1H3. The van der Waals surface area contributed by atoms with E-state index < -0.39 is 5.79 Å². The van der Waals surface area contributed by atoms with Gasteiger partial charge in [0.2, 0.25) is 0 Å². The molecule has 0 aromatic carbocycles. The van der Waals surface area contributed by atoms with E-state index in [1.807, 2.05) is 13.0 Å². The van der Waals surface area contributed by atoms with E-state index in [4.69, 9.17) is 4.74 Å². The van der Waals surface area contributed by atoms with Crippen LogP contribution in [-0.4, -0.2) is 17.5 Å². The Morgan fingerprint density at radius 1 is 1.78 bits per heavy atom. The first-order chi connectivity index (χ1) is 4.27. The van der Waals surface area contributed by atoms with Gasteiger partial charge in [-0.25, -0.2) is 0 Å². The van der Waals surface area contributed by atoms with Crippen molar-refractivity contribution in [3.8, 4) is 0 Å². The smallest absolute Gasteiger partial charge is 0.184 e. The van der Waals surface area contributed by atoms with Gasteiger partial charge in [0, 0.05) is 6.42 Å². The van der Waals surface area contributed by atoms with Crippen LogP contribution in [0.2, 0.25) is 0 Å². The van der Waals surface area contributed by atoms with E-state index in [0.717, 1.165) is 6.42 Å². The predicted octanol–water partition coefficient (Wildman–Crippen LogP) is 1.06. The van der Waals surface area contributed by atoms with Crippen molar-refractivity contribution in [2.75, 3.05) is 6.61 Å². The Hall–Kier alpha value is -0.340. The molecule has 9 heavy (non-hydrogen) atoms. The van der Waals surface area contributed by atoms with Crippen LogP contribution >= 0.6 is 0 Å². The molecule has 1 rings (SSSR count). The first kappa shape index (κ1) is 6.78. The van der Waals surface area contributed by atoms with E-state index in [1.54, 1.807) is 6.08 Å². The average Bonchev–Trinajstić information content (AvgIpc) is 1.90. The molecule has 1 unspecified atom stereocenters. The Labute approximate surface area is 55.1 Å². The Kier molecular flexibility index (Phi) is 1.88. The summed E-state index contributed by atoms with van der Waals surface area (Å²) in [7, 11) is 0. The van der Waals surface area contributed by atoms with Gasteiger partial charge in [0.15, 0.2) is 5.79 Å². The van der Waals surface area contributed by atoms with Crippen molar-refractivity contribution in [3.05, 3.63) is 12.2 Å². The fraction of sp³-hybridized carbons (Fsp3) is 0.714. The maximum absolute atomic E-state index is 9.37. The van der Waals surface area contributed by atoms with Crippen molar-refractivity contribution in [2.24, 2.45) is 0 Å². The fourth-order valence-electron chi connectivity index (χ4n) is 0.839. The van der Waals surface area contributed by atoms with Gasteiger partial charge in [-0.1, -0.05) is 13.0 Å². The lowest BCUT2D eigenvalue weighted by atomic mass is 10.1. The Bertz CT molecular complexity index is 120. The summed E-state index contributed by atoms with van der Waals surface area (Å²) in [5.41, 5.74) is 0. The van der Waals surface area contributed by atoms with Gasteiger partial charge in [-0.2, -0.15) is 0 Å². The zero-order chi connectivity index (χ0) is 6.74. The molecule has 1 atom stereocenters. The largest absolute Gasteiger partial charge is 0.362 e. The summed E-state index contributed by atoms with van der Waals surface area (Å²) >= 11 is 0. The fourth-order valence-corrected chi connectivity index (χ4v) is 0.839. The molecule has 52 valence electrons. The molecular weight excluding hydrogens is 116 g/mol. The molecule has 1 aliphatic rings. The third kappa shape index (κ3) is 1.53. The molecule has 1 heterocycles. The number of rotatable bonds is 1. The second-order valence-corrected chi connectivity index (χ2v) is 2.24. The third-order valence-electron chi connectivity index (χ3n) is 1.52. The highest BCUT2D eigenvalue weighted by molar-refractivity contribution is 4.97. The molecular formula is C7H12O2. The van der Waals surface area contributed by atoms with Crippen molar-refractivity contribution in [1.29, 1.82) is 0 Å². The number of hydrogen-bond donors (Lipinski definition) is 1. The molecule has 0 aromatic heterocycles. The molecule has 0 radical (unpaired) electrons. The topological polar surface area (TPSA) is 29.5 Å². The first-order valence-corrected chi connectivity index (χ1v) is 3.31. The molecule has 0 saturated carbocycles. The van der Waals surface area contributed by atoms with Crippen LogP contribution in [0, 0.1) is 0 Å². The highest BCUT2D eigenvalue weighted by Crippen LogP contribution is 2.17. The summed E-state index contributed by atoms with van der Waals surface area (Å²) in [6.45, 7) is 2.54. The second-order valence-electron chi connectivity index (χ2n) is 2.24. The Morgan fingerprint density at radius 2 is 2.56 bits per heavy atom. The summed E-state index contributed by atoms with van der Waals surface area (Å²) in [6.07, 6.45) is 5.22. The van der Waals surface area contributed by atoms with Crippen molar-refractivity contribution in [3.63, 3.8) is 0 Å². The summed E-state index contributed by atoms with van der Waals surface area (Å²) in [5.74, 6) is -0.960. The van der Waals surface area contributed by atoms with E-state index in [1.165, 1.54) is 0 Å². The van der Waals surface area contributed by atoms with E-state index in [9.17, 15) is 5.11 Å². The van der Waals surface area contributed by atoms with E-state index in [0.29, 0.717) is 13.0 Å². The van der Waals surface area contributed by atoms with Gasteiger partial charge >= 0.3 is 0 Å². The first-order valence-electron chi connectivity index (χ1n) is 3.31. The summed E-state index contributed by atoms with van der Waals surface area (Å²) in [6, 6.07) is 0. The highest BCUT2D eigenvalue weighted by Gasteiger charge is 2.22. The van der Waals surface area contributed by atoms with E-state index in [-0.39, 0.29) is 0 Å². The molecule has 0 aromatic rings. The molecule has 0 spiro atoms. The lowest BCUT2D eigenvalue weighted by Gasteiger charge is -2.25. The van der Waals surface area contributed by atoms with Gasteiger partial charge < -0.3 is 9.84 Å². The van der Waals surface area contributed by atoms with Crippen LogP contribution in [0.15, 0.2) is 12.2 Å². The maximum atomic E-state index is 9.37. The van der Waals surface area contributed by atoms with Crippen molar-refractivity contribution in [2.45, 2.75) is 25.6 Å². The minimum absolute atomic E-state index is 0.628. The quantitative estimate of drug-likeness (QED) is 0.535. The monoisotopic (exact) mass is 128 g/mol. The van der Waals surface area contributed by atoms with Crippen molar-refractivity contribution < 1.29 is 9.84 Å². The normalized spacial score (nSPS) is 34.9.